The van der Waals surface area contributed by atoms with E-state index in [0.29, 0.717) is 11.1 Å². The molecule has 33 heavy (non-hydrogen) atoms. The summed E-state index contributed by atoms with van der Waals surface area (Å²) < 4.78 is 55.6. The summed E-state index contributed by atoms with van der Waals surface area (Å²) in [4.78, 5) is 0. The van der Waals surface area contributed by atoms with E-state index in [1.54, 1.807) is 0 Å². The van der Waals surface area contributed by atoms with Crippen LogP contribution in [0.2, 0.25) is 0 Å². The minimum absolute atomic E-state index is 0.0178. The van der Waals surface area contributed by atoms with Crippen molar-refractivity contribution in [1.29, 1.82) is 0 Å². The Morgan fingerprint density at radius 1 is 0.545 bits per heavy atom. The molecule has 170 valence electrons. The first kappa shape index (κ1) is 23.0. The molecule has 4 rings (SSSR count). The van der Waals surface area contributed by atoms with Gasteiger partial charge in [-0.25, -0.2) is 17.6 Å². The number of aryl methyl sites for hydroxylation is 1. The summed E-state index contributed by atoms with van der Waals surface area (Å²) in [6, 6.07) is 19.5. The molecule has 0 saturated carbocycles. The Morgan fingerprint density at radius 2 is 1.12 bits per heavy atom. The molecule has 0 saturated heterocycles. The van der Waals surface area contributed by atoms with E-state index in [1.807, 2.05) is 24.3 Å². The smallest absolute Gasteiger partial charge is 0.195 e. The van der Waals surface area contributed by atoms with Crippen LogP contribution in [0.4, 0.5) is 17.6 Å². The maximum absolute atomic E-state index is 14.5. The van der Waals surface area contributed by atoms with Crippen LogP contribution < -0.4 is 0 Å². The molecule has 0 aliphatic carbocycles. The normalized spacial score (nSPS) is 11.3. The highest BCUT2D eigenvalue weighted by Crippen LogP contribution is 2.32. The van der Waals surface area contributed by atoms with Crippen LogP contribution >= 0.6 is 0 Å². The third-order valence-corrected chi connectivity index (χ3v) is 6.10. The lowest BCUT2D eigenvalue weighted by molar-refractivity contribution is 0.451. The molecule has 4 heteroatoms. The zero-order valence-electron chi connectivity index (χ0n) is 18.6. The fraction of sp³-hybridized carbons (Fsp3) is 0.241. The van der Waals surface area contributed by atoms with E-state index in [0.717, 1.165) is 29.7 Å². The molecule has 4 aromatic carbocycles. The summed E-state index contributed by atoms with van der Waals surface area (Å²) in [5, 5.41) is -0.560. The predicted octanol–water partition coefficient (Wildman–Crippen LogP) is 9.24. The molecule has 0 N–H and O–H groups in total. The van der Waals surface area contributed by atoms with E-state index < -0.39 is 28.7 Å². The Labute approximate surface area is 191 Å². The Kier molecular flexibility index (Phi) is 7.12. The molecule has 0 nitrogen and oxygen atoms in total. The van der Waals surface area contributed by atoms with Crippen LogP contribution in [0.1, 0.15) is 44.6 Å². The zero-order valence-corrected chi connectivity index (χ0v) is 18.6. The molecule has 4 aromatic rings. The third kappa shape index (κ3) is 5.11. The summed E-state index contributed by atoms with van der Waals surface area (Å²) in [5.41, 5.74) is 4.60. The lowest BCUT2D eigenvalue weighted by Gasteiger charge is -2.09. The first-order valence-electron chi connectivity index (χ1n) is 11.4. The lowest BCUT2D eigenvalue weighted by Crippen LogP contribution is -1.95. The molecule has 0 radical (unpaired) electrons. The second-order valence-electron chi connectivity index (χ2n) is 8.48. The molecule has 0 aromatic heterocycles. The Balaban J connectivity index is 1.51. The number of rotatable bonds is 8. The van der Waals surface area contributed by atoms with Crippen molar-refractivity contribution in [2.45, 2.75) is 45.4 Å². The minimum Gasteiger partial charge on any atom is -0.206 e. The van der Waals surface area contributed by atoms with Crippen LogP contribution in [-0.4, -0.2) is 0 Å². The molecule has 0 aliphatic rings. The van der Waals surface area contributed by atoms with Gasteiger partial charge in [-0.2, -0.15) is 0 Å². The van der Waals surface area contributed by atoms with Crippen molar-refractivity contribution in [3.05, 3.63) is 95.6 Å². The van der Waals surface area contributed by atoms with Gasteiger partial charge in [-0.1, -0.05) is 81.1 Å². The molecule has 0 amide bonds. The average Bonchev–Trinajstić information content (AvgIpc) is 2.82. The minimum atomic E-state index is -1.67. The molecule has 0 heterocycles. The van der Waals surface area contributed by atoms with Gasteiger partial charge in [-0.15, -0.1) is 0 Å². The molecule has 0 unspecified atom stereocenters. The summed E-state index contributed by atoms with van der Waals surface area (Å²) in [6.45, 7) is 2.22. The Morgan fingerprint density at radius 3 is 1.76 bits per heavy atom. The third-order valence-electron chi connectivity index (χ3n) is 6.10. The second-order valence-corrected chi connectivity index (χ2v) is 8.48. The van der Waals surface area contributed by atoms with Crippen molar-refractivity contribution >= 4 is 10.8 Å². The van der Waals surface area contributed by atoms with E-state index in [4.69, 9.17) is 0 Å². The van der Waals surface area contributed by atoms with Gasteiger partial charge in [0.15, 0.2) is 17.5 Å². The quantitative estimate of drug-likeness (QED) is 0.143. The van der Waals surface area contributed by atoms with Crippen molar-refractivity contribution in [2.24, 2.45) is 0 Å². The van der Waals surface area contributed by atoms with Crippen molar-refractivity contribution in [1.82, 2.24) is 0 Å². The first-order chi connectivity index (χ1) is 16.0. The highest BCUT2D eigenvalue weighted by molar-refractivity contribution is 5.89. The number of benzene rings is 4. The van der Waals surface area contributed by atoms with Crippen molar-refractivity contribution < 1.29 is 17.6 Å². The standard InChI is InChI=1S/C29H26F4/c1-2-3-4-5-6-7-19-8-10-20(11-9-19)21-12-14-22(15-13-21)23-16-24-18-26(31)28(32)29(33)27(24)25(30)17-23/h8-18H,2-7H2,1H3. The average molecular weight is 451 g/mol. The summed E-state index contributed by atoms with van der Waals surface area (Å²) in [7, 11) is 0. The lowest BCUT2D eigenvalue weighted by atomic mass is 9.97. The van der Waals surface area contributed by atoms with Gasteiger partial charge in [0.1, 0.15) is 5.82 Å². The van der Waals surface area contributed by atoms with Crippen LogP contribution in [0.3, 0.4) is 0 Å². The van der Waals surface area contributed by atoms with Crippen LogP contribution in [0.25, 0.3) is 33.0 Å². The number of hydrogen-bond acceptors (Lipinski definition) is 0. The van der Waals surface area contributed by atoms with E-state index in [2.05, 4.69) is 31.2 Å². The monoisotopic (exact) mass is 450 g/mol. The number of halogens is 4. The van der Waals surface area contributed by atoms with Crippen molar-refractivity contribution in [3.8, 4) is 22.3 Å². The van der Waals surface area contributed by atoms with Crippen LogP contribution in [0.15, 0.2) is 66.7 Å². The predicted molar refractivity (Wildman–Crippen MR) is 127 cm³/mol. The maximum Gasteiger partial charge on any atom is 0.195 e. The summed E-state index contributed by atoms with van der Waals surface area (Å²) >= 11 is 0. The zero-order chi connectivity index (χ0) is 23.4. The van der Waals surface area contributed by atoms with Gasteiger partial charge in [0.2, 0.25) is 0 Å². The van der Waals surface area contributed by atoms with E-state index in [9.17, 15) is 17.6 Å². The highest BCUT2D eigenvalue weighted by atomic mass is 19.2. The molecule has 0 spiro atoms. The van der Waals surface area contributed by atoms with Crippen LogP contribution in [0.5, 0.6) is 0 Å². The van der Waals surface area contributed by atoms with E-state index >= 15 is 0 Å². The molecular formula is C29H26F4. The molecule has 0 bridgehead atoms. The van der Waals surface area contributed by atoms with Gasteiger partial charge >= 0.3 is 0 Å². The van der Waals surface area contributed by atoms with Gasteiger partial charge in [0.05, 0.1) is 5.39 Å². The van der Waals surface area contributed by atoms with Crippen LogP contribution in [-0.2, 0) is 6.42 Å². The van der Waals surface area contributed by atoms with Gasteiger partial charge in [0.25, 0.3) is 0 Å². The van der Waals surface area contributed by atoms with Gasteiger partial charge < -0.3 is 0 Å². The summed E-state index contributed by atoms with van der Waals surface area (Å²) in [5.74, 6) is -5.43. The summed E-state index contributed by atoms with van der Waals surface area (Å²) in [6.07, 6.45) is 7.40. The van der Waals surface area contributed by atoms with Gasteiger partial charge in [-0.05, 0) is 64.2 Å². The number of fused-ring (bicyclic) bond motifs is 1. The van der Waals surface area contributed by atoms with E-state index in [1.165, 1.54) is 43.7 Å². The SMILES string of the molecule is CCCCCCCc1ccc(-c2ccc(-c3cc(F)c4c(F)c(F)c(F)cc4c3)cc2)cc1. The first-order valence-corrected chi connectivity index (χ1v) is 11.4. The van der Waals surface area contributed by atoms with Crippen LogP contribution in [0, 0.1) is 23.3 Å². The van der Waals surface area contributed by atoms with E-state index in [-0.39, 0.29) is 5.39 Å². The fourth-order valence-corrected chi connectivity index (χ4v) is 4.21. The molecule has 0 fully saturated rings. The Hall–Kier alpha value is -3.14. The largest absolute Gasteiger partial charge is 0.206 e. The second kappa shape index (κ2) is 10.2. The molecular weight excluding hydrogens is 424 g/mol. The number of hydrogen-bond donors (Lipinski definition) is 0. The van der Waals surface area contributed by atoms with Crippen molar-refractivity contribution in [3.63, 3.8) is 0 Å². The molecule has 0 atom stereocenters. The number of unbranched alkanes of at least 4 members (excludes halogenated alkanes) is 4. The fourth-order valence-electron chi connectivity index (χ4n) is 4.21. The van der Waals surface area contributed by atoms with Crippen molar-refractivity contribution in [2.75, 3.05) is 0 Å². The maximum atomic E-state index is 14.5. The highest BCUT2D eigenvalue weighted by Gasteiger charge is 2.18. The topological polar surface area (TPSA) is 0 Å². The van der Waals surface area contributed by atoms with Gasteiger partial charge in [-0.3, -0.25) is 0 Å². The molecule has 0 aliphatic heterocycles. The Bertz CT molecular complexity index is 1240. The van der Waals surface area contributed by atoms with Gasteiger partial charge in [0, 0.05) is 0 Å².